The Kier molecular flexibility index (Phi) is 3.90. The van der Waals surface area contributed by atoms with Gasteiger partial charge in [-0.1, -0.05) is 51.1 Å². The molecule has 1 rings (SSSR count). The topological polar surface area (TPSA) is 20.2 Å². The molecule has 2 heteroatoms. The summed E-state index contributed by atoms with van der Waals surface area (Å²) in [6.45, 7) is 6.45. The van der Waals surface area contributed by atoms with Gasteiger partial charge in [-0.25, -0.2) is 0 Å². The van der Waals surface area contributed by atoms with E-state index in [1.54, 1.807) is 0 Å². The van der Waals surface area contributed by atoms with Crippen molar-refractivity contribution in [3.05, 3.63) is 30.3 Å². The first kappa shape index (κ1) is 11.5. The van der Waals surface area contributed by atoms with Crippen LogP contribution in [0.2, 0.25) is 12.1 Å². The Morgan fingerprint density at radius 3 is 2.21 bits per heavy atom. The summed E-state index contributed by atoms with van der Waals surface area (Å²) in [5.74, 6) is 0.576. The summed E-state index contributed by atoms with van der Waals surface area (Å²) in [5, 5.41) is 1.18. The van der Waals surface area contributed by atoms with Crippen molar-refractivity contribution in [1.82, 2.24) is 0 Å². The molecule has 0 bridgehead atoms. The first-order valence-corrected chi connectivity index (χ1v) is 7.72. The van der Waals surface area contributed by atoms with Crippen LogP contribution in [0.4, 0.5) is 0 Å². The maximum Gasteiger partial charge on any atom is 0.220 e. The van der Waals surface area contributed by atoms with Gasteiger partial charge in [0.15, 0.2) is 0 Å². The van der Waals surface area contributed by atoms with E-state index in [-0.39, 0.29) is 0 Å². The Balaban J connectivity index is 2.90. The zero-order valence-corrected chi connectivity index (χ0v) is 10.3. The van der Waals surface area contributed by atoms with E-state index in [9.17, 15) is 4.80 Å². The predicted octanol–water partition coefficient (Wildman–Crippen LogP) is 2.51. The van der Waals surface area contributed by atoms with Gasteiger partial charge in [-0.3, -0.25) is 0 Å². The molecular weight excluding hydrogens is 188 g/mol. The van der Waals surface area contributed by atoms with Crippen LogP contribution >= 0.6 is 0 Å². The van der Waals surface area contributed by atoms with Crippen LogP contribution in [0, 0.1) is 5.92 Å². The molecule has 0 spiro atoms. The molecule has 0 aliphatic heterocycles. The van der Waals surface area contributed by atoms with Crippen molar-refractivity contribution in [3.8, 4) is 0 Å². The molecule has 0 saturated carbocycles. The summed E-state index contributed by atoms with van der Waals surface area (Å²) in [6.07, 6.45) is 0. The molecule has 1 aromatic rings. The SMILES string of the molecule is CC[Si](O)(CC(C)C)c1ccccc1. The third-order valence-corrected chi connectivity index (χ3v) is 6.71. The van der Waals surface area contributed by atoms with Gasteiger partial charge in [-0.2, -0.15) is 0 Å². The summed E-state index contributed by atoms with van der Waals surface area (Å²) in [7, 11) is -2.16. The maximum atomic E-state index is 10.6. The average molecular weight is 208 g/mol. The fourth-order valence-electron chi connectivity index (χ4n) is 1.89. The van der Waals surface area contributed by atoms with Crippen molar-refractivity contribution in [1.29, 1.82) is 0 Å². The third kappa shape index (κ3) is 2.69. The van der Waals surface area contributed by atoms with Crippen molar-refractivity contribution in [2.24, 2.45) is 5.92 Å². The van der Waals surface area contributed by atoms with E-state index in [1.807, 2.05) is 18.2 Å². The number of hydrogen-bond acceptors (Lipinski definition) is 1. The molecule has 0 saturated heterocycles. The van der Waals surface area contributed by atoms with Gasteiger partial charge in [0.25, 0.3) is 0 Å². The zero-order valence-electron chi connectivity index (χ0n) is 9.33. The molecule has 0 aliphatic rings. The van der Waals surface area contributed by atoms with Crippen LogP contribution in [-0.2, 0) is 0 Å². The standard InChI is InChI=1S/C12H20OSi/c1-4-14(13,10-11(2)3)12-8-6-5-7-9-12/h5-9,11,13H,4,10H2,1-3H3. The van der Waals surface area contributed by atoms with Crippen molar-refractivity contribution < 1.29 is 4.80 Å². The summed E-state index contributed by atoms with van der Waals surface area (Å²) in [5.41, 5.74) is 0. The summed E-state index contributed by atoms with van der Waals surface area (Å²) in [4.78, 5) is 10.6. The highest BCUT2D eigenvalue weighted by atomic mass is 28.4. The molecule has 1 unspecified atom stereocenters. The molecular formula is C12H20OSi. The van der Waals surface area contributed by atoms with Crippen LogP contribution in [0.5, 0.6) is 0 Å². The second-order valence-electron chi connectivity index (χ2n) is 4.35. The predicted molar refractivity (Wildman–Crippen MR) is 64.2 cm³/mol. The Bertz CT molecular complexity index is 271. The molecule has 0 amide bonds. The highest BCUT2D eigenvalue weighted by Gasteiger charge is 2.31. The van der Waals surface area contributed by atoms with Crippen LogP contribution < -0.4 is 5.19 Å². The minimum Gasteiger partial charge on any atom is -0.427 e. The van der Waals surface area contributed by atoms with E-state index in [2.05, 4.69) is 32.9 Å². The minimum absolute atomic E-state index is 0.576. The van der Waals surface area contributed by atoms with Crippen molar-refractivity contribution in [2.45, 2.75) is 32.9 Å². The lowest BCUT2D eigenvalue weighted by atomic mass is 10.3. The first-order chi connectivity index (χ1) is 6.58. The minimum atomic E-state index is -2.16. The normalized spacial score (nSPS) is 15.5. The van der Waals surface area contributed by atoms with Gasteiger partial charge in [0.05, 0.1) is 0 Å². The largest absolute Gasteiger partial charge is 0.427 e. The fourth-order valence-corrected chi connectivity index (χ4v) is 4.99. The summed E-state index contributed by atoms with van der Waals surface area (Å²) < 4.78 is 0. The molecule has 0 aromatic heterocycles. The molecule has 1 nitrogen and oxygen atoms in total. The van der Waals surface area contributed by atoms with E-state index >= 15 is 0 Å². The first-order valence-electron chi connectivity index (χ1n) is 5.36. The Morgan fingerprint density at radius 1 is 1.21 bits per heavy atom. The molecule has 0 heterocycles. The Hall–Kier alpha value is -0.603. The highest BCUT2D eigenvalue weighted by Crippen LogP contribution is 2.17. The molecule has 0 fully saturated rings. The van der Waals surface area contributed by atoms with E-state index in [0.29, 0.717) is 5.92 Å². The number of hydrogen-bond donors (Lipinski definition) is 1. The fraction of sp³-hybridized carbons (Fsp3) is 0.500. The van der Waals surface area contributed by atoms with Crippen LogP contribution in [-0.4, -0.2) is 13.1 Å². The smallest absolute Gasteiger partial charge is 0.220 e. The molecule has 1 N–H and O–H groups in total. The van der Waals surface area contributed by atoms with Gasteiger partial charge < -0.3 is 4.80 Å². The van der Waals surface area contributed by atoms with E-state index in [1.165, 1.54) is 5.19 Å². The van der Waals surface area contributed by atoms with Crippen LogP contribution in [0.15, 0.2) is 30.3 Å². The van der Waals surface area contributed by atoms with Crippen molar-refractivity contribution >= 4 is 13.5 Å². The summed E-state index contributed by atoms with van der Waals surface area (Å²) in [6, 6.07) is 12.1. The van der Waals surface area contributed by atoms with E-state index in [0.717, 1.165) is 12.1 Å². The van der Waals surface area contributed by atoms with E-state index in [4.69, 9.17) is 0 Å². The number of benzene rings is 1. The Morgan fingerprint density at radius 2 is 1.79 bits per heavy atom. The van der Waals surface area contributed by atoms with Gasteiger partial charge in [0, 0.05) is 0 Å². The second-order valence-corrected chi connectivity index (χ2v) is 8.11. The summed E-state index contributed by atoms with van der Waals surface area (Å²) >= 11 is 0. The molecule has 1 atom stereocenters. The third-order valence-electron chi connectivity index (χ3n) is 2.64. The van der Waals surface area contributed by atoms with Gasteiger partial charge in [0.1, 0.15) is 0 Å². The van der Waals surface area contributed by atoms with Gasteiger partial charge in [0.2, 0.25) is 8.32 Å². The molecule has 0 radical (unpaired) electrons. The van der Waals surface area contributed by atoms with Crippen molar-refractivity contribution in [3.63, 3.8) is 0 Å². The maximum absolute atomic E-state index is 10.6. The lowest BCUT2D eigenvalue weighted by Crippen LogP contribution is -2.48. The molecule has 78 valence electrons. The van der Waals surface area contributed by atoms with Crippen LogP contribution in [0.3, 0.4) is 0 Å². The quantitative estimate of drug-likeness (QED) is 0.754. The van der Waals surface area contributed by atoms with Crippen LogP contribution in [0.1, 0.15) is 20.8 Å². The molecule has 14 heavy (non-hydrogen) atoms. The second kappa shape index (κ2) is 4.76. The van der Waals surface area contributed by atoms with Gasteiger partial charge in [-0.05, 0) is 23.2 Å². The van der Waals surface area contributed by atoms with Gasteiger partial charge >= 0.3 is 0 Å². The monoisotopic (exact) mass is 208 g/mol. The molecule has 0 aliphatic carbocycles. The lowest BCUT2D eigenvalue weighted by molar-refractivity contribution is 0.526. The van der Waals surface area contributed by atoms with Gasteiger partial charge in [-0.15, -0.1) is 0 Å². The zero-order chi connectivity index (χ0) is 10.6. The van der Waals surface area contributed by atoms with Crippen molar-refractivity contribution in [2.75, 3.05) is 0 Å². The molecule has 1 aromatic carbocycles. The average Bonchev–Trinajstić information content (AvgIpc) is 2.18. The number of rotatable bonds is 4. The Labute approximate surface area is 87.9 Å². The highest BCUT2D eigenvalue weighted by molar-refractivity contribution is 6.85. The van der Waals surface area contributed by atoms with E-state index < -0.39 is 8.32 Å². The van der Waals surface area contributed by atoms with Crippen LogP contribution in [0.25, 0.3) is 0 Å². The lowest BCUT2D eigenvalue weighted by Gasteiger charge is -2.26.